The highest BCUT2D eigenvalue weighted by atomic mass is 16.5. The van der Waals surface area contributed by atoms with E-state index in [1.165, 1.54) is 0 Å². The molecule has 1 aromatic heterocycles. The fraction of sp³-hybridized carbons (Fsp3) is 0.150. The van der Waals surface area contributed by atoms with Crippen LogP contribution in [-0.4, -0.2) is 28.0 Å². The lowest BCUT2D eigenvalue weighted by Gasteiger charge is -2.19. The Balaban J connectivity index is 1.45. The molecule has 4 rings (SSSR count). The minimum Gasteiger partial charge on any atom is -0.482 e. The van der Waals surface area contributed by atoms with E-state index < -0.39 is 0 Å². The van der Waals surface area contributed by atoms with E-state index in [-0.39, 0.29) is 24.5 Å². The number of ether oxygens (including phenoxy) is 1. The molecule has 0 aliphatic carbocycles. The summed E-state index contributed by atoms with van der Waals surface area (Å²) in [5.74, 6) is 0.0940. The summed E-state index contributed by atoms with van der Waals surface area (Å²) in [6.07, 6.45) is 5.34. The largest absolute Gasteiger partial charge is 0.482 e. The van der Waals surface area contributed by atoms with Gasteiger partial charge in [0.15, 0.2) is 6.61 Å². The summed E-state index contributed by atoms with van der Waals surface area (Å²) in [7, 11) is 0. The van der Waals surface area contributed by atoms with Crippen LogP contribution in [0.25, 0.3) is 5.69 Å². The fourth-order valence-corrected chi connectivity index (χ4v) is 2.93. The first-order valence-corrected chi connectivity index (χ1v) is 8.56. The second-order valence-corrected chi connectivity index (χ2v) is 6.30. The first-order valence-electron chi connectivity index (χ1n) is 8.56. The Bertz CT molecular complexity index is 981. The van der Waals surface area contributed by atoms with E-state index in [4.69, 9.17) is 4.74 Å². The number of anilines is 1. The molecule has 0 unspecified atom stereocenters. The number of amides is 2. The average Bonchev–Trinajstić information content (AvgIpc) is 3.22. The molecule has 0 saturated heterocycles. The highest BCUT2D eigenvalue weighted by molar-refractivity contribution is 5.99. The van der Waals surface area contributed by atoms with Gasteiger partial charge in [0.1, 0.15) is 5.75 Å². The molecular weight excluding hydrogens is 344 g/mol. The van der Waals surface area contributed by atoms with Gasteiger partial charge in [-0.1, -0.05) is 12.1 Å². The van der Waals surface area contributed by atoms with Crippen molar-refractivity contribution in [3.8, 4) is 11.4 Å². The average molecular weight is 362 g/mol. The van der Waals surface area contributed by atoms with Gasteiger partial charge >= 0.3 is 0 Å². The molecule has 3 aromatic rings. The number of hydrogen-bond donors (Lipinski definition) is 2. The number of imidazole rings is 1. The standard InChI is InChI=1S/C20H18N4O3/c1-13(14-2-5-16(6-3-14)24-9-8-21-12-24)22-20(26)15-4-7-17-18(10-15)27-11-19(25)23-17/h2-10,12-13H,11H2,1H3,(H,22,26)(H,23,25)/t13-/m0/s1. The van der Waals surface area contributed by atoms with Crippen LogP contribution in [0, 0.1) is 0 Å². The third kappa shape index (κ3) is 3.52. The molecule has 2 N–H and O–H groups in total. The fourth-order valence-electron chi connectivity index (χ4n) is 2.93. The Morgan fingerprint density at radius 2 is 2.07 bits per heavy atom. The molecule has 2 amide bonds. The van der Waals surface area contributed by atoms with Crippen molar-refractivity contribution in [1.82, 2.24) is 14.9 Å². The predicted molar refractivity (Wildman–Crippen MR) is 100 cm³/mol. The number of nitrogens with one attached hydrogen (secondary N) is 2. The van der Waals surface area contributed by atoms with Crippen LogP contribution in [-0.2, 0) is 4.79 Å². The predicted octanol–water partition coefficient (Wildman–Crippen LogP) is 2.69. The van der Waals surface area contributed by atoms with Gasteiger partial charge in [0.25, 0.3) is 11.8 Å². The molecule has 1 aliphatic heterocycles. The van der Waals surface area contributed by atoms with Crippen molar-refractivity contribution in [2.75, 3.05) is 11.9 Å². The van der Waals surface area contributed by atoms with Crippen molar-refractivity contribution in [2.24, 2.45) is 0 Å². The Kier molecular flexibility index (Phi) is 4.33. The summed E-state index contributed by atoms with van der Waals surface area (Å²) in [4.78, 5) is 27.9. The molecule has 7 nitrogen and oxygen atoms in total. The van der Waals surface area contributed by atoms with Crippen molar-refractivity contribution in [3.05, 3.63) is 72.3 Å². The van der Waals surface area contributed by atoms with Gasteiger partial charge in [-0.15, -0.1) is 0 Å². The van der Waals surface area contributed by atoms with Crippen molar-refractivity contribution in [3.63, 3.8) is 0 Å². The maximum absolute atomic E-state index is 12.6. The molecule has 1 aliphatic rings. The van der Waals surface area contributed by atoms with E-state index >= 15 is 0 Å². The molecule has 27 heavy (non-hydrogen) atoms. The SMILES string of the molecule is C[C@H](NC(=O)c1ccc2c(c1)OCC(=O)N2)c1ccc(-n2ccnc2)cc1. The molecule has 2 aromatic carbocycles. The molecule has 7 heteroatoms. The lowest BCUT2D eigenvalue weighted by atomic mass is 10.1. The lowest BCUT2D eigenvalue weighted by Crippen LogP contribution is -2.28. The van der Waals surface area contributed by atoms with E-state index in [2.05, 4.69) is 15.6 Å². The number of benzene rings is 2. The number of aromatic nitrogens is 2. The molecule has 0 saturated carbocycles. The zero-order valence-electron chi connectivity index (χ0n) is 14.7. The van der Waals surface area contributed by atoms with Gasteiger partial charge in [0.2, 0.25) is 0 Å². The van der Waals surface area contributed by atoms with Crippen LogP contribution >= 0.6 is 0 Å². The Morgan fingerprint density at radius 3 is 2.81 bits per heavy atom. The summed E-state index contributed by atoms with van der Waals surface area (Å²) in [5, 5.41) is 5.69. The van der Waals surface area contributed by atoms with Crippen molar-refractivity contribution >= 4 is 17.5 Å². The quantitative estimate of drug-likeness (QED) is 0.747. The summed E-state index contributed by atoms with van der Waals surface area (Å²) in [6, 6.07) is 12.7. The van der Waals surface area contributed by atoms with Crippen LogP contribution in [0.4, 0.5) is 5.69 Å². The van der Waals surface area contributed by atoms with Crippen LogP contribution in [0.2, 0.25) is 0 Å². The van der Waals surface area contributed by atoms with Gasteiger partial charge in [0.05, 0.1) is 18.1 Å². The molecular formula is C20H18N4O3. The zero-order valence-corrected chi connectivity index (χ0v) is 14.7. The van der Waals surface area contributed by atoms with E-state index in [0.29, 0.717) is 17.0 Å². The maximum atomic E-state index is 12.6. The Labute approximate surface area is 156 Å². The third-order valence-corrected chi connectivity index (χ3v) is 4.42. The molecule has 0 fully saturated rings. The van der Waals surface area contributed by atoms with Crippen LogP contribution in [0.1, 0.15) is 28.9 Å². The number of hydrogen-bond acceptors (Lipinski definition) is 4. The van der Waals surface area contributed by atoms with E-state index in [9.17, 15) is 9.59 Å². The lowest BCUT2D eigenvalue weighted by molar-refractivity contribution is -0.118. The van der Waals surface area contributed by atoms with Gasteiger partial charge in [-0.3, -0.25) is 9.59 Å². The molecule has 136 valence electrons. The normalized spacial score (nSPS) is 13.9. The third-order valence-electron chi connectivity index (χ3n) is 4.42. The number of carbonyl (C=O) groups excluding carboxylic acids is 2. The van der Waals surface area contributed by atoms with Crippen molar-refractivity contribution < 1.29 is 14.3 Å². The summed E-state index contributed by atoms with van der Waals surface area (Å²) in [6.45, 7) is 1.89. The smallest absolute Gasteiger partial charge is 0.262 e. The maximum Gasteiger partial charge on any atom is 0.262 e. The van der Waals surface area contributed by atoms with Gasteiger partial charge in [-0.2, -0.15) is 0 Å². The minimum atomic E-state index is -0.204. The number of carbonyl (C=O) groups is 2. The van der Waals surface area contributed by atoms with Crippen LogP contribution in [0.15, 0.2) is 61.2 Å². The molecule has 1 atom stereocenters. The van der Waals surface area contributed by atoms with Crippen molar-refractivity contribution in [2.45, 2.75) is 13.0 Å². The second-order valence-electron chi connectivity index (χ2n) is 6.30. The summed E-state index contributed by atoms with van der Waals surface area (Å²) >= 11 is 0. The first-order chi connectivity index (χ1) is 13.1. The highest BCUT2D eigenvalue weighted by Crippen LogP contribution is 2.28. The van der Waals surface area contributed by atoms with Gasteiger partial charge in [0, 0.05) is 23.6 Å². The van der Waals surface area contributed by atoms with Crippen LogP contribution < -0.4 is 15.4 Å². The van der Waals surface area contributed by atoms with Crippen LogP contribution in [0.5, 0.6) is 5.75 Å². The van der Waals surface area contributed by atoms with E-state index in [1.54, 1.807) is 30.7 Å². The molecule has 0 spiro atoms. The summed E-state index contributed by atoms with van der Waals surface area (Å²) in [5.41, 5.74) is 3.05. The second kappa shape index (κ2) is 6.95. The highest BCUT2D eigenvalue weighted by Gasteiger charge is 2.18. The monoisotopic (exact) mass is 362 g/mol. The first kappa shape index (κ1) is 16.8. The van der Waals surface area contributed by atoms with E-state index in [0.717, 1.165) is 11.3 Å². The van der Waals surface area contributed by atoms with E-state index in [1.807, 2.05) is 42.0 Å². The van der Waals surface area contributed by atoms with Gasteiger partial charge in [-0.25, -0.2) is 4.98 Å². The van der Waals surface area contributed by atoms with Gasteiger partial charge < -0.3 is 19.9 Å². The Morgan fingerprint density at radius 1 is 1.26 bits per heavy atom. The topological polar surface area (TPSA) is 85.2 Å². The van der Waals surface area contributed by atoms with Crippen molar-refractivity contribution in [1.29, 1.82) is 0 Å². The number of nitrogens with zero attached hydrogens (tertiary/aromatic N) is 2. The Hall–Kier alpha value is -3.61. The minimum absolute atomic E-state index is 0.0439. The molecule has 0 bridgehead atoms. The molecule has 0 radical (unpaired) electrons. The van der Waals surface area contributed by atoms with Gasteiger partial charge in [-0.05, 0) is 42.8 Å². The number of fused-ring (bicyclic) bond motifs is 1. The molecule has 2 heterocycles. The summed E-state index contributed by atoms with van der Waals surface area (Å²) < 4.78 is 7.28. The van der Waals surface area contributed by atoms with Crippen LogP contribution in [0.3, 0.4) is 0 Å². The number of rotatable bonds is 4. The zero-order chi connectivity index (χ0) is 18.8.